The molecule has 0 amide bonds. The van der Waals surface area contributed by atoms with Gasteiger partial charge in [0.1, 0.15) is 0 Å². The summed E-state index contributed by atoms with van der Waals surface area (Å²) in [6, 6.07) is 12.1. The lowest BCUT2D eigenvalue weighted by molar-refractivity contribution is 0.796. The van der Waals surface area contributed by atoms with Gasteiger partial charge in [0.25, 0.3) is 0 Å². The minimum atomic E-state index is 0.634. The van der Waals surface area contributed by atoms with Gasteiger partial charge in [-0.1, -0.05) is 23.7 Å². The highest BCUT2D eigenvalue weighted by Crippen LogP contribution is 2.26. The molecule has 0 radical (unpaired) electrons. The second-order valence-corrected chi connectivity index (χ2v) is 5.53. The Bertz CT molecular complexity index is 598. The number of nitrogens with zero attached hydrogens (tertiary/aromatic N) is 2. The number of halogens is 1. The third kappa shape index (κ3) is 4.19. The highest BCUT2D eigenvalue weighted by atomic mass is 35.5. The molecule has 1 aromatic heterocycles. The van der Waals surface area contributed by atoms with Gasteiger partial charge in [0, 0.05) is 22.9 Å². The van der Waals surface area contributed by atoms with Gasteiger partial charge in [-0.25, -0.2) is 0 Å². The van der Waals surface area contributed by atoms with E-state index < -0.39 is 0 Å². The Morgan fingerprint density at radius 2 is 2.05 bits per heavy atom. The Morgan fingerprint density at radius 3 is 2.71 bits per heavy atom. The van der Waals surface area contributed by atoms with Crippen LogP contribution in [0.25, 0.3) is 0 Å². The minimum Gasteiger partial charge on any atom is -0.366 e. The zero-order valence-corrected chi connectivity index (χ0v) is 13.4. The van der Waals surface area contributed by atoms with E-state index in [1.54, 1.807) is 0 Å². The summed E-state index contributed by atoms with van der Waals surface area (Å²) in [5.41, 5.74) is 10.2. The van der Waals surface area contributed by atoms with Gasteiger partial charge in [0.2, 0.25) is 0 Å². The molecule has 2 N–H and O–H groups in total. The smallest absolute Gasteiger partial charge is 0.0602 e. The third-order valence-corrected chi connectivity index (χ3v) is 3.72. The zero-order chi connectivity index (χ0) is 15.2. The molecule has 1 aromatic carbocycles. The molecule has 0 unspecified atom stereocenters. The first-order valence-electron chi connectivity index (χ1n) is 7.30. The summed E-state index contributed by atoms with van der Waals surface area (Å²) in [7, 11) is 0. The van der Waals surface area contributed by atoms with E-state index in [9.17, 15) is 0 Å². The van der Waals surface area contributed by atoms with Crippen LogP contribution in [-0.2, 0) is 13.0 Å². The van der Waals surface area contributed by atoms with E-state index >= 15 is 0 Å². The van der Waals surface area contributed by atoms with E-state index in [1.807, 2.05) is 31.2 Å². The van der Waals surface area contributed by atoms with Crippen molar-refractivity contribution in [1.29, 1.82) is 0 Å². The van der Waals surface area contributed by atoms with Crippen LogP contribution >= 0.6 is 11.6 Å². The first kappa shape index (κ1) is 15.8. The number of hydrogen-bond donors (Lipinski definition) is 1. The molecular formula is C17H22ClN3. The van der Waals surface area contributed by atoms with E-state index in [-0.39, 0.29) is 0 Å². The van der Waals surface area contributed by atoms with E-state index in [0.717, 1.165) is 41.6 Å². The van der Waals surface area contributed by atoms with Crippen molar-refractivity contribution >= 4 is 17.3 Å². The summed E-state index contributed by atoms with van der Waals surface area (Å²) in [5.74, 6) is 0. The maximum absolute atomic E-state index is 6.17. The average molecular weight is 304 g/mol. The van der Waals surface area contributed by atoms with E-state index in [0.29, 0.717) is 6.54 Å². The molecule has 0 saturated heterocycles. The predicted octanol–water partition coefficient (Wildman–Crippen LogP) is 3.57. The number of nitrogens with two attached hydrogens (primary N) is 1. The SMILES string of the molecule is CCN(Cc1cccc(C)n1)c1cc(Cl)ccc1CCN. The molecule has 0 aliphatic carbocycles. The summed E-state index contributed by atoms with van der Waals surface area (Å²) in [6.45, 7) is 6.46. The first-order valence-corrected chi connectivity index (χ1v) is 7.67. The second-order valence-electron chi connectivity index (χ2n) is 5.10. The Hall–Kier alpha value is -1.58. The van der Waals surface area contributed by atoms with Crippen molar-refractivity contribution in [1.82, 2.24) is 4.98 Å². The molecule has 0 atom stereocenters. The molecule has 3 nitrogen and oxygen atoms in total. The molecule has 0 saturated carbocycles. The molecule has 0 bridgehead atoms. The van der Waals surface area contributed by atoms with Crippen LogP contribution in [0, 0.1) is 6.92 Å². The van der Waals surface area contributed by atoms with Gasteiger partial charge in [0.05, 0.1) is 12.2 Å². The van der Waals surface area contributed by atoms with E-state index in [4.69, 9.17) is 17.3 Å². The van der Waals surface area contributed by atoms with Crippen LogP contribution in [0.2, 0.25) is 5.02 Å². The summed E-state index contributed by atoms with van der Waals surface area (Å²) < 4.78 is 0. The Morgan fingerprint density at radius 1 is 1.24 bits per heavy atom. The maximum Gasteiger partial charge on any atom is 0.0602 e. The number of pyridine rings is 1. The van der Waals surface area contributed by atoms with Crippen LogP contribution < -0.4 is 10.6 Å². The fourth-order valence-electron chi connectivity index (χ4n) is 2.45. The number of aryl methyl sites for hydroxylation is 1. The van der Waals surface area contributed by atoms with Gasteiger partial charge >= 0.3 is 0 Å². The van der Waals surface area contributed by atoms with Crippen molar-refractivity contribution in [2.24, 2.45) is 5.73 Å². The van der Waals surface area contributed by atoms with Crippen molar-refractivity contribution in [2.75, 3.05) is 18.0 Å². The van der Waals surface area contributed by atoms with Gasteiger partial charge in [-0.3, -0.25) is 4.98 Å². The lowest BCUT2D eigenvalue weighted by Gasteiger charge is -2.26. The second kappa shape index (κ2) is 7.43. The fourth-order valence-corrected chi connectivity index (χ4v) is 2.62. The Kier molecular flexibility index (Phi) is 5.59. The predicted molar refractivity (Wildman–Crippen MR) is 89.9 cm³/mol. The number of rotatable bonds is 6. The standard InChI is InChI=1S/C17H22ClN3/c1-3-21(12-16-6-4-5-13(2)20-16)17-11-15(18)8-7-14(17)9-10-19/h4-8,11H,3,9-10,12,19H2,1-2H3. The van der Waals surface area contributed by atoms with Gasteiger partial charge in [0.15, 0.2) is 0 Å². The molecule has 2 rings (SSSR count). The Balaban J connectivity index is 2.30. The third-order valence-electron chi connectivity index (χ3n) is 3.48. The van der Waals surface area contributed by atoms with Crippen LogP contribution in [0.4, 0.5) is 5.69 Å². The normalized spacial score (nSPS) is 10.7. The van der Waals surface area contributed by atoms with Crippen molar-refractivity contribution in [2.45, 2.75) is 26.8 Å². The van der Waals surface area contributed by atoms with Gasteiger partial charge in [-0.15, -0.1) is 0 Å². The number of anilines is 1. The van der Waals surface area contributed by atoms with Gasteiger partial charge < -0.3 is 10.6 Å². The molecule has 112 valence electrons. The molecule has 0 aliphatic rings. The zero-order valence-electron chi connectivity index (χ0n) is 12.6. The highest BCUT2D eigenvalue weighted by molar-refractivity contribution is 6.30. The van der Waals surface area contributed by atoms with Crippen molar-refractivity contribution in [3.63, 3.8) is 0 Å². The Labute approximate surface area is 131 Å². The van der Waals surface area contributed by atoms with Gasteiger partial charge in [-0.2, -0.15) is 0 Å². The van der Waals surface area contributed by atoms with Crippen molar-refractivity contribution < 1.29 is 0 Å². The number of aromatic nitrogens is 1. The molecular weight excluding hydrogens is 282 g/mol. The number of hydrogen-bond acceptors (Lipinski definition) is 3. The van der Waals surface area contributed by atoms with Crippen LogP contribution in [0.3, 0.4) is 0 Å². The molecule has 0 spiro atoms. The quantitative estimate of drug-likeness (QED) is 0.887. The summed E-state index contributed by atoms with van der Waals surface area (Å²) in [5, 5.41) is 0.751. The van der Waals surface area contributed by atoms with Gasteiger partial charge in [-0.05, 0) is 56.6 Å². The molecule has 1 heterocycles. The van der Waals surface area contributed by atoms with Crippen LogP contribution in [-0.4, -0.2) is 18.1 Å². The molecule has 21 heavy (non-hydrogen) atoms. The molecule has 2 aromatic rings. The van der Waals surface area contributed by atoms with Crippen LogP contribution in [0.1, 0.15) is 23.9 Å². The lowest BCUT2D eigenvalue weighted by Crippen LogP contribution is -2.24. The molecule has 0 aliphatic heterocycles. The van der Waals surface area contributed by atoms with E-state index in [2.05, 4.69) is 28.9 Å². The fraction of sp³-hybridized carbons (Fsp3) is 0.353. The lowest BCUT2D eigenvalue weighted by atomic mass is 10.1. The average Bonchev–Trinajstić information content (AvgIpc) is 2.47. The van der Waals surface area contributed by atoms with Crippen LogP contribution in [0.15, 0.2) is 36.4 Å². The van der Waals surface area contributed by atoms with Crippen LogP contribution in [0.5, 0.6) is 0 Å². The number of benzene rings is 1. The van der Waals surface area contributed by atoms with Crippen molar-refractivity contribution in [3.8, 4) is 0 Å². The monoisotopic (exact) mass is 303 g/mol. The largest absolute Gasteiger partial charge is 0.366 e. The summed E-state index contributed by atoms with van der Waals surface area (Å²) in [6.07, 6.45) is 0.851. The topological polar surface area (TPSA) is 42.2 Å². The summed E-state index contributed by atoms with van der Waals surface area (Å²) in [4.78, 5) is 6.88. The first-order chi connectivity index (χ1) is 10.1. The van der Waals surface area contributed by atoms with Crippen molar-refractivity contribution in [3.05, 3.63) is 58.4 Å². The molecule has 0 fully saturated rings. The molecule has 4 heteroatoms. The van der Waals surface area contributed by atoms with E-state index in [1.165, 1.54) is 5.56 Å². The maximum atomic E-state index is 6.17. The summed E-state index contributed by atoms with van der Waals surface area (Å²) >= 11 is 6.17. The highest BCUT2D eigenvalue weighted by Gasteiger charge is 2.11. The minimum absolute atomic E-state index is 0.634.